The molecule has 0 saturated carbocycles. The first kappa shape index (κ1) is 13.3. The minimum Gasteiger partial charge on any atom is -0.399 e. The summed E-state index contributed by atoms with van der Waals surface area (Å²) >= 11 is 1.76. The summed E-state index contributed by atoms with van der Waals surface area (Å²) in [6, 6.07) is 5.82. The maximum absolute atomic E-state index is 12.2. The van der Waals surface area contributed by atoms with Crippen molar-refractivity contribution in [2.45, 2.75) is 38.0 Å². The summed E-state index contributed by atoms with van der Waals surface area (Å²) in [7, 11) is 0. The molecule has 1 saturated heterocycles. The third-order valence-electron chi connectivity index (χ3n) is 3.63. The van der Waals surface area contributed by atoms with Gasteiger partial charge in [0.1, 0.15) is 0 Å². The highest BCUT2D eigenvalue weighted by molar-refractivity contribution is 8.01. The zero-order valence-electron chi connectivity index (χ0n) is 11.0. The monoisotopic (exact) mass is 264 g/mol. The number of hydrogen-bond acceptors (Lipinski definition) is 3. The first-order chi connectivity index (χ1) is 8.53. The van der Waals surface area contributed by atoms with Crippen molar-refractivity contribution < 1.29 is 4.79 Å². The number of carbonyl (C=O) groups is 1. The second-order valence-corrected chi connectivity index (χ2v) is 6.59. The predicted molar refractivity (Wildman–Crippen MR) is 77.5 cm³/mol. The number of rotatable bonds is 3. The minimum absolute atomic E-state index is 0.145. The van der Waals surface area contributed by atoms with Crippen molar-refractivity contribution in [3.8, 4) is 0 Å². The maximum Gasteiger partial charge on any atom is 0.236 e. The van der Waals surface area contributed by atoms with Gasteiger partial charge in [-0.25, -0.2) is 0 Å². The Hall–Kier alpha value is -1.16. The molecule has 0 radical (unpaired) electrons. The molecule has 1 atom stereocenters. The molecular formula is C14H20N2OS. The summed E-state index contributed by atoms with van der Waals surface area (Å²) in [5.41, 5.74) is 8.79. The van der Waals surface area contributed by atoms with Gasteiger partial charge in [0.2, 0.25) is 5.91 Å². The summed E-state index contributed by atoms with van der Waals surface area (Å²) in [5, 5.41) is 3.03. The lowest BCUT2D eigenvalue weighted by atomic mass is 10.0. The van der Waals surface area contributed by atoms with E-state index in [1.54, 1.807) is 11.8 Å². The fraction of sp³-hybridized carbons (Fsp3) is 0.500. The van der Waals surface area contributed by atoms with E-state index in [4.69, 9.17) is 5.73 Å². The summed E-state index contributed by atoms with van der Waals surface area (Å²) < 4.78 is -0.242. The fourth-order valence-corrected chi connectivity index (χ4v) is 3.45. The molecule has 1 heterocycles. The van der Waals surface area contributed by atoms with E-state index in [9.17, 15) is 4.79 Å². The number of nitrogens with one attached hydrogen (secondary N) is 1. The van der Waals surface area contributed by atoms with Gasteiger partial charge in [-0.3, -0.25) is 4.79 Å². The van der Waals surface area contributed by atoms with Crippen LogP contribution in [0.15, 0.2) is 18.2 Å². The average molecular weight is 264 g/mol. The number of nitrogen functional groups attached to an aromatic ring is 1. The first-order valence-electron chi connectivity index (χ1n) is 6.29. The smallest absolute Gasteiger partial charge is 0.236 e. The Kier molecular flexibility index (Phi) is 3.85. The van der Waals surface area contributed by atoms with Crippen LogP contribution in [-0.4, -0.2) is 16.4 Å². The lowest BCUT2D eigenvalue weighted by Gasteiger charge is -2.21. The zero-order chi connectivity index (χ0) is 13.2. The zero-order valence-corrected chi connectivity index (χ0v) is 11.8. The standard InChI is InChI=1S/C14H20N2OS/c1-10-11(5-3-6-12(10)15)9-16-13(17)14(2)7-4-8-18-14/h3,5-6H,4,7-9,15H2,1-2H3,(H,16,17). The molecule has 98 valence electrons. The van der Waals surface area contributed by atoms with Crippen LogP contribution in [0.3, 0.4) is 0 Å². The second-order valence-electron chi connectivity index (χ2n) is 5.00. The summed E-state index contributed by atoms with van der Waals surface area (Å²) in [6.45, 7) is 4.58. The predicted octanol–water partition coefficient (Wildman–Crippen LogP) is 2.48. The van der Waals surface area contributed by atoms with Crippen LogP contribution >= 0.6 is 11.8 Å². The van der Waals surface area contributed by atoms with Gasteiger partial charge >= 0.3 is 0 Å². The molecule has 4 heteroatoms. The fourth-order valence-electron chi connectivity index (χ4n) is 2.22. The van der Waals surface area contributed by atoms with Crippen LogP contribution in [0.4, 0.5) is 5.69 Å². The average Bonchev–Trinajstić information content (AvgIpc) is 2.79. The minimum atomic E-state index is -0.242. The number of anilines is 1. The van der Waals surface area contributed by atoms with E-state index < -0.39 is 0 Å². The first-order valence-corrected chi connectivity index (χ1v) is 7.28. The molecule has 0 aliphatic carbocycles. The molecule has 18 heavy (non-hydrogen) atoms. The lowest BCUT2D eigenvalue weighted by molar-refractivity contribution is -0.123. The third-order valence-corrected chi connectivity index (χ3v) is 5.15. The van der Waals surface area contributed by atoms with Crippen molar-refractivity contribution in [1.29, 1.82) is 0 Å². The number of benzene rings is 1. The van der Waals surface area contributed by atoms with Gasteiger partial charge in [-0.2, -0.15) is 0 Å². The summed E-state index contributed by atoms with van der Waals surface area (Å²) in [6.07, 6.45) is 2.10. The molecule has 1 aliphatic heterocycles. The molecule has 3 N–H and O–H groups in total. The van der Waals surface area contributed by atoms with Gasteiger partial charge in [-0.05, 0) is 49.6 Å². The van der Waals surface area contributed by atoms with Crippen LogP contribution in [0.1, 0.15) is 30.9 Å². The van der Waals surface area contributed by atoms with Crippen LogP contribution < -0.4 is 11.1 Å². The van der Waals surface area contributed by atoms with Gasteiger partial charge in [0.25, 0.3) is 0 Å². The molecule has 0 aromatic heterocycles. The van der Waals surface area contributed by atoms with Gasteiger partial charge < -0.3 is 11.1 Å². The number of nitrogens with two attached hydrogens (primary N) is 1. The Morgan fingerprint density at radius 1 is 1.56 bits per heavy atom. The second kappa shape index (κ2) is 5.22. The van der Waals surface area contributed by atoms with Crippen LogP contribution in [0, 0.1) is 6.92 Å². The van der Waals surface area contributed by atoms with E-state index in [0.717, 1.165) is 35.4 Å². The summed E-state index contributed by atoms with van der Waals surface area (Å²) in [5.74, 6) is 1.23. The highest BCUT2D eigenvalue weighted by Gasteiger charge is 2.36. The van der Waals surface area contributed by atoms with Crippen molar-refractivity contribution in [2.24, 2.45) is 0 Å². The van der Waals surface area contributed by atoms with Gasteiger partial charge in [0, 0.05) is 12.2 Å². The Bertz CT molecular complexity index is 453. The highest BCUT2D eigenvalue weighted by atomic mass is 32.2. The lowest BCUT2D eigenvalue weighted by Crippen LogP contribution is -2.40. The van der Waals surface area contributed by atoms with Crippen molar-refractivity contribution in [2.75, 3.05) is 11.5 Å². The number of hydrogen-bond donors (Lipinski definition) is 2. The third kappa shape index (κ3) is 2.64. The van der Waals surface area contributed by atoms with E-state index in [-0.39, 0.29) is 10.7 Å². The Balaban J connectivity index is 1.99. The molecule has 2 rings (SSSR count). The van der Waals surface area contributed by atoms with Crippen molar-refractivity contribution in [3.63, 3.8) is 0 Å². The van der Waals surface area contributed by atoms with Gasteiger partial charge in [0.05, 0.1) is 4.75 Å². The van der Waals surface area contributed by atoms with E-state index >= 15 is 0 Å². The van der Waals surface area contributed by atoms with Gasteiger partial charge in [-0.15, -0.1) is 11.8 Å². The number of thioether (sulfide) groups is 1. The van der Waals surface area contributed by atoms with E-state index in [2.05, 4.69) is 5.32 Å². The van der Waals surface area contributed by atoms with Crippen LogP contribution in [0.5, 0.6) is 0 Å². The molecule has 1 unspecified atom stereocenters. The molecule has 1 aliphatic rings. The maximum atomic E-state index is 12.2. The molecule has 1 fully saturated rings. The van der Waals surface area contributed by atoms with Gasteiger partial charge in [-0.1, -0.05) is 12.1 Å². The largest absolute Gasteiger partial charge is 0.399 e. The van der Waals surface area contributed by atoms with E-state index in [0.29, 0.717) is 6.54 Å². The normalized spacial score (nSPS) is 23.0. The molecule has 0 bridgehead atoms. The molecular weight excluding hydrogens is 244 g/mol. The van der Waals surface area contributed by atoms with Crippen LogP contribution in [0.2, 0.25) is 0 Å². The van der Waals surface area contributed by atoms with E-state index in [1.165, 1.54) is 0 Å². The molecule has 1 aromatic rings. The number of carbonyl (C=O) groups excluding carboxylic acids is 1. The Morgan fingerprint density at radius 2 is 2.33 bits per heavy atom. The molecule has 3 nitrogen and oxygen atoms in total. The number of amides is 1. The Labute approximate surface area is 113 Å². The molecule has 1 amide bonds. The van der Waals surface area contributed by atoms with Crippen molar-refractivity contribution in [1.82, 2.24) is 5.32 Å². The molecule has 1 aromatic carbocycles. The Morgan fingerprint density at radius 3 is 3.00 bits per heavy atom. The van der Waals surface area contributed by atoms with Crippen LogP contribution in [-0.2, 0) is 11.3 Å². The summed E-state index contributed by atoms with van der Waals surface area (Å²) in [4.78, 5) is 12.2. The van der Waals surface area contributed by atoms with Crippen LogP contribution in [0.25, 0.3) is 0 Å². The van der Waals surface area contributed by atoms with E-state index in [1.807, 2.05) is 32.0 Å². The van der Waals surface area contributed by atoms with Gasteiger partial charge in [0.15, 0.2) is 0 Å². The quantitative estimate of drug-likeness (QED) is 0.825. The highest BCUT2D eigenvalue weighted by Crippen LogP contribution is 2.37. The van der Waals surface area contributed by atoms with Crippen molar-refractivity contribution in [3.05, 3.63) is 29.3 Å². The van der Waals surface area contributed by atoms with Crippen molar-refractivity contribution >= 4 is 23.4 Å². The topological polar surface area (TPSA) is 55.1 Å². The molecule has 0 spiro atoms. The SMILES string of the molecule is Cc1c(N)cccc1CNC(=O)C1(C)CCCS1.